The van der Waals surface area contributed by atoms with Gasteiger partial charge in [-0.3, -0.25) is 9.59 Å². The number of Topliss-reactive ketones (excluding diaryl/α,β-unsaturated/α-hetero) is 2. The maximum Gasteiger partial charge on any atom is 0.214 e. The number of rotatable bonds is 6. The van der Waals surface area contributed by atoms with E-state index in [4.69, 9.17) is 11.6 Å². The van der Waals surface area contributed by atoms with Crippen molar-refractivity contribution in [3.63, 3.8) is 0 Å². The average Bonchev–Trinajstić information content (AvgIpc) is 2.63. The van der Waals surface area contributed by atoms with E-state index >= 15 is 0 Å². The number of hydrogen-bond acceptors (Lipinski definition) is 5. The predicted molar refractivity (Wildman–Crippen MR) is 106 cm³/mol. The summed E-state index contributed by atoms with van der Waals surface area (Å²) >= 11 is 6.16. The summed E-state index contributed by atoms with van der Waals surface area (Å²) in [5.41, 5.74) is 0.0779. The van der Waals surface area contributed by atoms with E-state index in [1.165, 1.54) is 6.20 Å². The number of β-amino-alcohol motifs (C(OH)–C–C–N with tert-alkyl or cyclic N) is 1. The molecule has 2 atom stereocenters. The SMILES string of the molecule is CC[C@@H](C)/C=C(C)/C=C/C1=CC2=C(Cl)C(=O)[C@@](C)(O)C(=O)C2=CN1CCO. The van der Waals surface area contributed by atoms with Gasteiger partial charge < -0.3 is 15.1 Å². The number of fused-ring (bicyclic) bond motifs is 1. The van der Waals surface area contributed by atoms with Crippen molar-refractivity contribution in [1.29, 1.82) is 0 Å². The molecule has 1 aliphatic heterocycles. The second-order valence-electron chi connectivity index (χ2n) is 7.12. The number of aliphatic hydroxyl groups is 2. The standard InChI is InChI=1S/C21H26ClNO4/c1-5-13(2)10-14(3)6-7-15-11-16-17(12-23(15)8-9-24)19(25)21(4,27)20(26)18(16)22/h6-7,10-13,24,27H,5,8-9H2,1-4H3/b7-6+,14-10+/t13-,21+/m1/s1. The van der Waals surface area contributed by atoms with E-state index in [1.807, 2.05) is 19.1 Å². The van der Waals surface area contributed by atoms with E-state index in [-0.39, 0.29) is 23.8 Å². The quantitative estimate of drug-likeness (QED) is 0.537. The molecule has 27 heavy (non-hydrogen) atoms. The maximum atomic E-state index is 12.5. The van der Waals surface area contributed by atoms with Crippen LogP contribution in [0.25, 0.3) is 0 Å². The van der Waals surface area contributed by atoms with Crippen molar-refractivity contribution in [2.24, 2.45) is 5.92 Å². The van der Waals surface area contributed by atoms with Crippen LogP contribution in [0.5, 0.6) is 0 Å². The van der Waals surface area contributed by atoms with Gasteiger partial charge in [-0.2, -0.15) is 0 Å². The largest absolute Gasteiger partial charge is 0.395 e. The van der Waals surface area contributed by atoms with Gasteiger partial charge in [-0.1, -0.05) is 49.6 Å². The number of aliphatic hydroxyl groups excluding tert-OH is 1. The van der Waals surface area contributed by atoms with E-state index < -0.39 is 17.2 Å². The zero-order valence-electron chi connectivity index (χ0n) is 16.1. The van der Waals surface area contributed by atoms with Gasteiger partial charge in [-0.15, -0.1) is 0 Å². The molecule has 0 saturated carbocycles. The monoisotopic (exact) mass is 391 g/mol. The molecule has 1 heterocycles. The van der Waals surface area contributed by atoms with Gasteiger partial charge in [0.25, 0.3) is 0 Å². The topological polar surface area (TPSA) is 77.8 Å². The first-order chi connectivity index (χ1) is 12.6. The van der Waals surface area contributed by atoms with Gasteiger partial charge in [0.15, 0.2) is 5.60 Å². The van der Waals surface area contributed by atoms with Gasteiger partial charge in [0.1, 0.15) is 0 Å². The van der Waals surface area contributed by atoms with E-state index in [0.29, 0.717) is 17.2 Å². The number of hydrogen-bond donors (Lipinski definition) is 2. The van der Waals surface area contributed by atoms with Crippen LogP contribution in [-0.2, 0) is 9.59 Å². The number of carbonyl (C=O) groups excluding carboxylic acids is 2. The molecule has 0 bridgehead atoms. The first-order valence-electron chi connectivity index (χ1n) is 9.03. The van der Waals surface area contributed by atoms with Crippen LogP contribution < -0.4 is 0 Å². The van der Waals surface area contributed by atoms with Gasteiger partial charge in [0.2, 0.25) is 11.6 Å². The maximum absolute atomic E-state index is 12.5. The lowest BCUT2D eigenvalue weighted by Crippen LogP contribution is -2.49. The fourth-order valence-corrected chi connectivity index (χ4v) is 3.30. The number of ketones is 2. The first-order valence-corrected chi connectivity index (χ1v) is 9.40. The average molecular weight is 392 g/mol. The molecular weight excluding hydrogens is 366 g/mol. The summed E-state index contributed by atoms with van der Waals surface area (Å²) in [7, 11) is 0. The van der Waals surface area contributed by atoms with Crippen LogP contribution in [0.2, 0.25) is 0 Å². The highest BCUT2D eigenvalue weighted by Crippen LogP contribution is 2.37. The Morgan fingerprint density at radius 2 is 2.04 bits per heavy atom. The molecule has 0 radical (unpaired) electrons. The van der Waals surface area contributed by atoms with Gasteiger partial charge in [-0.05, 0) is 31.9 Å². The highest BCUT2D eigenvalue weighted by atomic mass is 35.5. The fourth-order valence-electron chi connectivity index (χ4n) is 2.96. The third-order valence-electron chi connectivity index (χ3n) is 4.81. The molecule has 0 aromatic rings. The molecule has 0 unspecified atom stereocenters. The van der Waals surface area contributed by atoms with Crippen LogP contribution >= 0.6 is 11.6 Å². The minimum absolute atomic E-state index is 0.118. The lowest BCUT2D eigenvalue weighted by molar-refractivity contribution is -0.144. The third kappa shape index (κ3) is 4.32. The highest BCUT2D eigenvalue weighted by molar-refractivity contribution is 6.49. The van der Waals surface area contributed by atoms with Crippen LogP contribution in [0.1, 0.15) is 34.1 Å². The molecule has 6 heteroatoms. The molecule has 0 saturated heterocycles. The fraction of sp³-hybridized carbons (Fsp3) is 0.429. The predicted octanol–water partition coefficient (Wildman–Crippen LogP) is 3.01. The molecule has 0 aromatic heterocycles. The van der Waals surface area contributed by atoms with Crippen LogP contribution in [0, 0.1) is 5.92 Å². The Bertz CT molecular complexity index is 799. The zero-order chi connectivity index (χ0) is 20.4. The van der Waals surface area contributed by atoms with E-state index in [0.717, 1.165) is 18.9 Å². The van der Waals surface area contributed by atoms with E-state index in [9.17, 15) is 19.8 Å². The minimum Gasteiger partial charge on any atom is -0.395 e. The molecule has 5 nitrogen and oxygen atoms in total. The second-order valence-corrected chi connectivity index (χ2v) is 7.49. The van der Waals surface area contributed by atoms with Gasteiger partial charge in [-0.25, -0.2) is 0 Å². The molecule has 0 spiro atoms. The van der Waals surface area contributed by atoms with Crippen LogP contribution in [0.15, 0.2) is 58.0 Å². The molecular formula is C21H26ClNO4. The third-order valence-corrected chi connectivity index (χ3v) is 5.19. The second kappa shape index (κ2) is 8.38. The normalized spacial score (nSPS) is 25.0. The zero-order valence-corrected chi connectivity index (χ0v) is 16.9. The molecule has 2 rings (SSSR count). The number of nitrogens with zero attached hydrogens (tertiary/aromatic N) is 1. The Morgan fingerprint density at radius 3 is 2.63 bits per heavy atom. The molecule has 146 valence electrons. The first kappa shape index (κ1) is 21.4. The molecule has 0 amide bonds. The number of carbonyl (C=O) groups is 2. The van der Waals surface area contributed by atoms with Crippen molar-refractivity contribution in [1.82, 2.24) is 4.90 Å². The summed E-state index contributed by atoms with van der Waals surface area (Å²) < 4.78 is 0. The van der Waals surface area contributed by atoms with Crippen LogP contribution in [0.4, 0.5) is 0 Å². The summed E-state index contributed by atoms with van der Waals surface area (Å²) in [6.07, 6.45) is 10.2. The minimum atomic E-state index is -2.17. The van der Waals surface area contributed by atoms with E-state index in [1.54, 1.807) is 11.0 Å². The number of allylic oxidation sites excluding steroid dienone is 6. The molecule has 2 aliphatic rings. The lowest BCUT2D eigenvalue weighted by atomic mass is 9.79. The molecule has 1 aliphatic carbocycles. The van der Waals surface area contributed by atoms with Crippen molar-refractivity contribution in [3.05, 3.63) is 58.0 Å². The molecule has 2 N–H and O–H groups in total. The smallest absolute Gasteiger partial charge is 0.214 e. The van der Waals surface area contributed by atoms with Crippen molar-refractivity contribution in [3.8, 4) is 0 Å². The van der Waals surface area contributed by atoms with Gasteiger partial charge in [0.05, 0.1) is 11.6 Å². The number of halogens is 1. The van der Waals surface area contributed by atoms with Crippen molar-refractivity contribution in [2.75, 3.05) is 13.2 Å². The summed E-state index contributed by atoms with van der Waals surface area (Å²) in [5, 5.41) is 19.4. The van der Waals surface area contributed by atoms with Gasteiger partial charge >= 0.3 is 0 Å². The summed E-state index contributed by atoms with van der Waals surface area (Å²) in [6, 6.07) is 0. The Labute approximate surface area is 165 Å². The molecule has 0 fully saturated rings. The van der Waals surface area contributed by atoms with Crippen molar-refractivity contribution >= 4 is 23.2 Å². The van der Waals surface area contributed by atoms with Crippen LogP contribution in [-0.4, -0.2) is 45.4 Å². The van der Waals surface area contributed by atoms with Crippen molar-refractivity contribution in [2.45, 2.75) is 39.7 Å². The highest BCUT2D eigenvalue weighted by Gasteiger charge is 2.48. The molecule has 0 aromatic carbocycles. The summed E-state index contributed by atoms with van der Waals surface area (Å²) in [6.45, 7) is 7.56. The Hall–Kier alpha value is -1.95. The van der Waals surface area contributed by atoms with Gasteiger partial charge in [0, 0.05) is 29.6 Å². The summed E-state index contributed by atoms with van der Waals surface area (Å²) in [4.78, 5) is 26.5. The Kier molecular flexibility index (Phi) is 6.63. The Morgan fingerprint density at radius 1 is 1.37 bits per heavy atom. The van der Waals surface area contributed by atoms with E-state index in [2.05, 4.69) is 19.9 Å². The van der Waals surface area contributed by atoms with Crippen LogP contribution in [0.3, 0.4) is 0 Å². The summed E-state index contributed by atoms with van der Waals surface area (Å²) in [5.74, 6) is -1.03. The van der Waals surface area contributed by atoms with Crippen molar-refractivity contribution < 1.29 is 19.8 Å². The Balaban J connectivity index is 2.47. The lowest BCUT2D eigenvalue weighted by Gasteiger charge is -2.33.